The molecule has 0 amide bonds. The van der Waals surface area contributed by atoms with Crippen LogP contribution < -0.4 is 0 Å². The molecule has 2 unspecified atom stereocenters. The van der Waals surface area contributed by atoms with Crippen molar-refractivity contribution in [2.24, 2.45) is 5.92 Å². The highest BCUT2D eigenvalue weighted by Crippen LogP contribution is 2.25. The van der Waals surface area contributed by atoms with Gasteiger partial charge in [-0.3, -0.25) is 0 Å². The highest BCUT2D eigenvalue weighted by Gasteiger charge is 2.20. The minimum Gasteiger partial charge on any atom is -0.353 e. The third-order valence-electron chi connectivity index (χ3n) is 12.3. The fourth-order valence-corrected chi connectivity index (χ4v) is 8.58. The summed E-state index contributed by atoms with van der Waals surface area (Å²) in [6.07, 6.45) is 58.0. The van der Waals surface area contributed by atoms with Crippen LogP contribution in [0.25, 0.3) is 0 Å². The molecule has 335 valence electrons. The van der Waals surface area contributed by atoms with Crippen LogP contribution in [0.15, 0.2) is 24.3 Å². The molecule has 5 nitrogen and oxygen atoms in total. The average molecular weight is 801 g/mol. The third kappa shape index (κ3) is 32.7. The van der Waals surface area contributed by atoms with E-state index in [9.17, 15) is 0 Å². The predicted octanol–water partition coefficient (Wildman–Crippen LogP) is 15.7. The lowest BCUT2D eigenvalue weighted by atomic mass is 9.90. The van der Waals surface area contributed by atoms with Gasteiger partial charge >= 0.3 is 0 Å². The van der Waals surface area contributed by atoms with Gasteiger partial charge in [0, 0.05) is 13.2 Å². The zero-order valence-electron chi connectivity index (χ0n) is 38.7. The second kappa shape index (κ2) is 39.4. The fourth-order valence-electron chi connectivity index (χ4n) is 8.58. The Morgan fingerprint density at radius 2 is 0.912 bits per heavy atom. The summed E-state index contributed by atoms with van der Waals surface area (Å²) in [6.45, 7) is 7.50. The molecule has 0 bridgehead atoms. The van der Waals surface area contributed by atoms with Crippen LogP contribution in [0.2, 0.25) is 0 Å². The first-order chi connectivity index (χ1) is 28.1. The predicted molar refractivity (Wildman–Crippen MR) is 247 cm³/mol. The summed E-state index contributed by atoms with van der Waals surface area (Å²) >= 11 is 0. The quantitative estimate of drug-likeness (QED) is 0.0456. The molecule has 0 spiro atoms. The summed E-state index contributed by atoms with van der Waals surface area (Å²) in [5, 5.41) is 0. The molecule has 0 aromatic rings. The van der Waals surface area contributed by atoms with E-state index in [2.05, 4.69) is 63.6 Å². The Bertz CT molecular complexity index is 815. The van der Waals surface area contributed by atoms with Gasteiger partial charge in [-0.1, -0.05) is 167 Å². The lowest BCUT2D eigenvalue weighted by Gasteiger charge is -2.27. The first-order valence-corrected chi connectivity index (χ1v) is 25.4. The van der Waals surface area contributed by atoms with Crippen LogP contribution in [0.1, 0.15) is 239 Å². The Morgan fingerprint density at radius 1 is 0.491 bits per heavy atom. The molecule has 0 aromatic heterocycles. The number of hydrogen-bond acceptors (Lipinski definition) is 5. The van der Waals surface area contributed by atoms with Crippen LogP contribution in [-0.2, 0) is 18.9 Å². The van der Waals surface area contributed by atoms with Crippen molar-refractivity contribution in [3.63, 3.8) is 0 Å². The molecule has 0 aliphatic carbocycles. The summed E-state index contributed by atoms with van der Waals surface area (Å²) in [5.41, 5.74) is 0. The summed E-state index contributed by atoms with van der Waals surface area (Å²) in [6, 6.07) is 0. The van der Waals surface area contributed by atoms with Gasteiger partial charge in [-0.2, -0.15) is 0 Å². The van der Waals surface area contributed by atoms with E-state index in [0.717, 1.165) is 44.8 Å². The number of ether oxygens (including phenoxy) is 4. The van der Waals surface area contributed by atoms with E-state index in [4.69, 9.17) is 18.9 Å². The number of rotatable bonds is 40. The van der Waals surface area contributed by atoms with Gasteiger partial charge in [-0.25, -0.2) is 0 Å². The maximum Gasteiger partial charge on any atom is 0.157 e. The lowest BCUT2D eigenvalue weighted by molar-refractivity contribution is -0.189. The molecular formula is C52H98NO4. The molecule has 57 heavy (non-hydrogen) atoms. The molecule has 2 heterocycles. The van der Waals surface area contributed by atoms with Gasteiger partial charge in [0.2, 0.25) is 0 Å². The monoisotopic (exact) mass is 801 g/mol. The highest BCUT2D eigenvalue weighted by molar-refractivity contribution is 4.86. The zero-order valence-corrected chi connectivity index (χ0v) is 38.7. The number of nitrogens with zero attached hydrogens (tertiary/aromatic N) is 1. The molecule has 2 aliphatic rings. The van der Waals surface area contributed by atoms with Crippen molar-refractivity contribution >= 4 is 0 Å². The summed E-state index contributed by atoms with van der Waals surface area (Å²) < 4.78 is 24.6. The highest BCUT2D eigenvalue weighted by atomic mass is 16.7. The van der Waals surface area contributed by atoms with Crippen molar-refractivity contribution in [1.82, 2.24) is 4.90 Å². The molecule has 4 atom stereocenters. The van der Waals surface area contributed by atoms with Gasteiger partial charge in [0.1, 0.15) is 0 Å². The van der Waals surface area contributed by atoms with Gasteiger partial charge in [-0.15, -0.1) is 0 Å². The Kier molecular flexibility index (Phi) is 36.2. The van der Waals surface area contributed by atoms with Crippen LogP contribution in [0.3, 0.4) is 0 Å². The summed E-state index contributed by atoms with van der Waals surface area (Å²) in [7, 11) is 4.41. The van der Waals surface area contributed by atoms with Gasteiger partial charge in [0.05, 0.1) is 12.2 Å². The van der Waals surface area contributed by atoms with Crippen molar-refractivity contribution in [1.29, 1.82) is 0 Å². The van der Waals surface area contributed by atoms with Crippen LogP contribution in [0, 0.1) is 12.3 Å². The largest absolute Gasteiger partial charge is 0.353 e. The fraction of sp³-hybridized carbons (Fsp3) is 0.904. The number of allylic oxidation sites excluding steroid dienone is 2. The van der Waals surface area contributed by atoms with E-state index in [1.807, 2.05) is 0 Å². The second-order valence-electron chi connectivity index (χ2n) is 18.2. The second-order valence-corrected chi connectivity index (χ2v) is 18.2. The molecular weight excluding hydrogens is 703 g/mol. The van der Waals surface area contributed by atoms with Crippen molar-refractivity contribution in [2.75, 3.05) is 33.9 Å². The standard InChI is InChI=1S/C52H98NO4/c1-5-7-9-27-39-49(56-51-43-31-33-46-54-51)41-29-23-19-15-11-13-17-21-25-36-48(38-35-45-53(3)4)37-26-22-18-14-12-16-20-24-30-42-50(40-28-10-8-6-2)57-52-44-32-34-47-55-52/h23-24,29-30,38,48-52H,5-22,25-28,31-37,39-47H2,1-4H3/b29-23-,30-24-/t48?,49-,50-,51?,52?/m1/s1. The van der Waals surface area contributed by atoms with Crippen molar-refractivity contribution < 1.29 is 18.9 Å². The molecule has 2 aliphatic heterocycles. The molecule has 0 saturated carbocycles. The topological polar surface area (TPSA) is 40.2 Å². The first kappa shape index (κ1) is 52.4. The van der Waals surface area contributed by atoms with E-state index in [1.54, 1.807) is 0 Å². The van der Waals surface area contributed by atoms with E-state index >= 15 is 0 Å². The molecule has 0 N–H and O–H groups in total. The van der Waals surface area contributed by atoms with E-state index in [0.29, 0.717) is 12.2 Å². The zero-order chi connectivity index (χ0) is 40.7. The molecule has 2 fully saturated rings. The van der Waals surface area contributed by atoms with Crippen LogP contribution >= 0.6 is 0 Å². The smallest absolute Gasteiger partial charge is 0.157 e. The number of hydrogen-bond donors (Lipinski definition) is 0. The Hall–Kier alpha value is -0.720. The third-order valence-corrected chi connectivity index (χ3v) is 12.3. The Balaban J connectivity index is 1.51. The van der Waals surface area contributed by atoms with Crippen molar-refractivity contribution in [2.45, 2.75) is 263 Å². The normalized spacial score (nSPS) is 19.6. The molecule has 1 radical (unpaired) electrons. The van der Waals surface area contributed by atoms with Crippen LogP contribution in [-0.4, -0.2) is 63.5 Å². The van der Waals surface area contributed by atoms with E-state index in [1.165, 1.54) is 206 Å². The molecule has 2 rings (SSSR count). The SMILES string of the molecule is CCCCCC[C@H](C/C=C\CCCCCCCCC([CH]CCN(C)C)CCCCCCCC/C=C\C[C@@H](CCCCCC)OC1CCCCO1)OC1CCCCO1. The summed E-state index contributed by atoms with van der Waals surface area (Å²) in [5.74, 6) is 0.813. The van der Waals surface area contributed by atoms with Gasteiger partial charge in [0.15, 0.2) is 12.6 Å². The molecule has 5 heteroatoms. The summed E-state index contributed by atoms with van der Waals surface area (Å²) in [4.78, 5) is 2.33. The van der Waals surface area contributed by atoms with E-state index < -0.39 is 0 Å². The van der Waals surface area contributed by atoms with Gasteiger partial charge in [0.25, 0.3) is 0 Å². The Morgan fingerprint density at radius 3 is 1.33 bits per heavy atom. The van der Waals surface area contributed by atoms with Crippen LogP contribution in [0.4, 0.5) is 0 Å². The van der Waals surface area contributed by atoms with Crippen molar-refractivity contribution in [3.8, 4) is 0 Å². The minimum absolute atomic E-state index is 0.0328. The number of unbranched alkanes of at least 4 members (excludes halogenated alkanes) is 18. The molecule has 2 saturated heterocycles. The lowest BCUT2D eigenvalue weighted by Crippen LogP contribution is -2.27. The maximum atomic E-state index is 6.40. The van der Waals surface area contributed by atoms with Gasteiger partial charge in [-0.05, 0) is 129 Å². The Labute approximate surface area is 356 Å². The maximum absolute atomic E-state index is 6.40. The van der Waals surface area contributed by atoms with E-state index in [-0.39, 0.29) is 12.6 Å². The van der Waals surface area contributed by atoms with Crippen LogP contribution in [0.5, 0.6) is 0 Å². The minimum atomic E-state index is 0.0328. The average Bonchev–Trinajstić information content (AvgIpc) is 3.22. The van der Waals surface area contributed by atoms with Crippen molar-refractivity contribution in [3.05, 3.63) is 30.7 Å². The van der Waals surface area contributed by atoms with Gasteiger partial charge < -0.3 is 23.8 Å². The first-order valence-electron chi connectivity index (χ1n) is 25.4. The molecule has 0 aromatic carbocycles.